The van der Waals surface area contributed by atoms with Crippen LogP contribution in [0.5, 0.6) is 5.75 Å². The predicted octanol–water partition coefficient (Wildman–Crippen LogP) is 2.21. The average molecular weight is 199 g/mol. The van der Waals surface area contributed by atoms with Crippen LogP contribution >= 0.6 is 0 Å². The van der Waals surface area contributed by atoms with E-state index in [1.165, 1.54) is 18.2 Å². The molecule has 0 unspecified atom stereocenters. The van der Waals surface area contributed by atoms with Crippen molar-refractivity contribution in [2.75, 3.05) is 0 Å². The summed E-state index contributed by atoms with van der Waals surface area (Å²) in [4.78, 5) is 11.2. The lowest BCUT2D eigenvalue weighted by atomic mass is 10.2. The lowest BCUT2D eigenvalue weighted by Gasteiger charge is -2.01. The smallest absolute Gasteiger partial charge is 0.336 e. The van der Waals surface area contributed by atoms with Gasteiger partial charge >= 0.3 is 5.97 Å². The Morgan fingerprint density at radius 3 is 2.87 bits per heavy atom. The van der Waals surface area contributed by atoms with Crippen molar-refractivity contribution in [3.8, 4) is 11.8 Å². The Morgan fingerprint density at radius 2 is 2.20 bits per heavy atom. The van der Waals surface area contributed by atoms with E-state index in [1.807, 2.05) is 6.07 Å². The fourth-order valence-electron chi connectivity index (χ4n) is 0.937. The van der Waals surface area contributed by atoms with Gasteiger partial charge in [0.05, 0.1) is 5.56 Å². The number of para-hydroxylation sites is 1. The van der Waals surface area contributed by atoms with Gasteiger partial charge in [-0.05, 0) is 12.1 Å². The Hall–Kier alpha value is -2.34. The maximum Gasteiger partial charge on any atom is 0.336 e. The number of benzene rings is 1. The van der Waals surface area contributed by atoms with E-state index in [4.69, 9.17) is 10.00 Å². The molecule has 1 rings (SSSR count). The highest BCUT2D eigenvalue weighted by molar-refractivity contribution is 5.84. The number of hydrogen-bond acceptors (Lipinski definition) is 3. The zero-order chi connectivity index (χ0) is 11.1. The number of carbonyl (C=O) groups is 1. The Kier molecular flexibility index (Phi) is 3.87. The van der Waals surface area contributed by atoms with Crippen molar-refractivity contribution < 1.29 is 9.53 Å². The summed E-state index contributed by atoms with van der Waals surface area (Å²) in [6.07, 6.45) is 4.18. The second-order valence-electron chi connectivity index (χ2n) is 2.62. The van der Waals surface area contributed by atoms with Crippen LogP contribution < -0.4 is 4.74 Å². The first kappa shape index (κ1) is 10.7. The molecule has 0 heterocycles. The van der Waals surface area contributed by atoms with Gasteiger partial charge in [-0.1, -0.05) is 30.9 Å². The minimum atomic E-state index is -0.530. The van der Waals surface area contributed by atoms with Gasteiger partial charge in [0.2, 0.25) is 0 Å². The number of ether oxygens (including phenoxy) is 1. The van der Waals surface area contributed by atoms with Gasteiger partial charge in [0, 0.05) is 6.08 Å². The van der Waals surface area contributed by atoms with E-state index in [9.17, 15) is 4.79 Å². The number of hydrogen-bond donors (Lipinski definition) is 0. The van der Waals surface area contributed by atoms with E-state index in [0.29, 0.717) is 5.56 Å². The van der Waals surface area contributed by atoms with Crippen LogP contribution in [0.25, 0.3) is 0 Å². The minimum Gasteiger partial charge on any atom is -0.422 e. The van der Waals surface area contributed by atoms with E-state index in [1.54, 1.807) is 24.3 Å². The predicted molar refractivity (Wildman–Crippen MR) is 56.1 cm³/mol. The molecule has 0 fully saturated rings. The van der Waals surface area contributed by atoms with Crippen LogP contribution in [0.4, 0.5) is 0 Å². The average Bonchev–Trinajstić information content (AvgIpc) is 2.27. The molecule has 0 amide bonds. The lowest BCUT2D eigenvalue weighted by molar-refractivity contribution is -0.129. The van der Waals surface area contributed by atoms with Crippen LogP contribution in [0.2, 0.25) is 0 Å². The third-order valence-electron chi connectivity index (χ3n) is 1.59. The molecule has 0 spiro atoms. The molecule has 15 heavy (non-hydrogen) atoms. The molecule has 74 valence electrons. The third-order valence-corrected chi connectivity index (χ3v) is 1.59. The molecule has 0 aromatic heterocycles. The summed E-state index contributed by atoms with van der Waals surface area (Å²) in [5, 5.41) is 8.73. The molecule has 0 atom stereocenters. The molecule has 0 bridgehead atoms. The van der Waals surface area contributed by atoms with Crippen LogP contribution in [0.3, 0.4) is 0 Å². The standard InChI is InChI=1S/C12H9NO2/c1-2-3-8-12(14)15-11-7-5-4-6-10(11)9-13/h2-8H,1H2. The van der Waals surface area contributed by atoms with E-state index in [0.717, 1.165) is 0 Å². The van der Waals surface area contributed by atoms with E-state index in [2.05, 4.69) is 6.58 Å². The lowest BCUT2D eigenvalue weighted by Crippen LogP contribution is -2.04. The Morgan fingerprint density at radius 1 is 1.47 bits per heavy atom. The Balaban J connectivity index is 2.81. The van der Waals surface area contributed by atoms with Gasteiger partial charge in [-0.3, -0.25) is 0 Å². The maximum absolute atomic E-state index is 11.2. The minimum absolute atomic E-state index is 0.263. The third kappa shape index (κ3) is 3.12. The summed E-state index contributed by atoms with van der Waals surface area (Å²) >= 11 is 0. The number of allylic oxidation sites excluding steroid dienone is 2. The van der Waals surface area contributed by atoms with Crippen LogP contribution in [-0.2, 0) is 4.79 Å². The molecule has 0 saturated carbocycles. The zero-order valence-corrected chi connectivity index (χ0v) is 8.01. The summed E-state index contributed by atoms with van der Waals surface area (Å²) in [7, 11) is 0. The van der Waals surface area contributed by atoms with Gasteiger partial charge < -0.3 is 4.74 Å². The summed E-state index contributed by atoms with van der Waals surface area (Å²) in [6, 6.07) is 8.49. The van der Waals surface area contributed by atoms with Gasteiger partial charge in [-0.15, -0.1) is 0 Å². The molecule has 0 aliphatic rings. The van der Waals surface area contributed by atoms with Gasteiger partial charge in [-0.25, -0.2) is 4.79 Å². The van der Waals surface area contributed by atoms with Crippen molar-refractivity contribution in [1.82, 2.24) is 0 Å². The highest BCUT2D eigenvalue weighted by Gasteiger charge is 2.04. The van der Waals surface area contributed by atoms with Gasteiger partial charge in [0.25, 0.3) is 0 Å². The van der Waals surface area contributed by atoms with Crippen LogP contribution in [0, 0.1) is 11.3 Å². The summed E-state index contributed by atoms with van der Waals surface area (Å²) in [5.74, 6) is -0.267. The molecular formula is C12H9NO2. The van der Waals surface area contributed by atoms with E-state index >= 15 is 0 Å². The second-order valence-corrected chi connectivity index (χ2v) is 2.62. The molecule has 0 N–H and O–H groups in total. The zero-order valence-electron chi connectivity index (χ0n) is 8.01. The van der Waals surface area contributed by atoms with Crippen molar-refractivity contribution in [3.05, 3.63) is 54.6 Å². The van der Waals surface area contributed by atoms with Crippen LogP contribution in [-0.4, -0.2) is 5.97 Å². The second kappa shape index (κ2) is 5.40. The highest BCUT2D eigenvalue weighted by Crippen LogP contribution is 2.16. The molecule has 0 radical (unpaired) electrons. The summed E-state index contributed by atoms with van der Waals surface area (Å²) < 4.78 is 4.94. The van der Waals surface area contributed by atoms with Gasteiger partial charge in [-0.2, -0.15) is 5.26 Å². The van der Waals surface area contributed by atoms with Crippen molar-refractivity contribution in [2.24, 2.45) is 0 Å². The first-order chi connectivity index (χ1) is 7.27. The van der Waals surface area contributed by atoms with Crippen molar-refractivity contribution in [2.45, 2.75) is 0 Å². The molecule has 0 aliphatic carbocycles. The van der Waals surface area contributed by atoms with Crippen LogP contribution in [0.15, 0.2) is 49.1 Å². The number of rotatable bonds is 3. The van der Waals surface area contributed by atoms with Crippen molar-refractivity contribution in [1.29, 1.82) is 5.26 Å². The SMILES string of the molecule is C=CC=CC(=O)Oc1ccccc1C#N. The van der Waals surface area contributed by atoms with E-state index in [-0.39, 0.29) is 5.75 Å². The maximum atomic E-state index is 11.2. The monoisotopic (exact) mass is 199 g/mol. The molecule has 3 heteroatoms. The molecular weight excluding hydrogens is 190 g/mol. The largest absolute Gasteiger partial charge is 0.422 e. The van der Waals surface area contributed by atoms with Gasteiger partial charge in [0.15, 0.2) is 0 Å². The number of carbonyl (C=O) groups excluding carboxylic acids is 1. The molecule has 0 saturated heterocycles. The van der Waals surface area contributed by atoms with Gasteiger partial charge in [0.1, 0.15) is 11.8 Å². The highest BCUT2D eigenvalue weighted by atomic mass is 16.5. The number of esters is 1. The fraction of sp³-hybridized carbons (Fsp3) is 0. The quantitative estimate of drug-likeness (QED) is 0.324. The molecule has 0 aliphatic heterocycles. The normalized spacial score (nSPS) is 9.53. The first-order valence-corrected chi connectivity index (χ1v) is 4.28. The molecule has 1 aromatic carbocycles. The van der Waals surface area contributed by atoms with Crippen molar-refractivity contribution >= 4 is 5.97 Å². The van der Waals surface area contributed by atoms with Crippen molar-refractivity contribution in [3.63, 3.8) is 0 Å². The summed E-state index contributed by atoms with van der Waals surface area (Å²) in [5.41, 5.74) is 0.331. The topological polar surface area (TPSA) is 50.1 Å². The number of nitrogens with zero attached hydrogens (tertiary/aromatic N) is 1. The Bertz CT molecular complexity index is 441. The first-order valence-electron chi connectivity index (χ1n) is 4.28. The molecule has 1 aromatic rings. The van der Waals surface area contributed by atoms with E-state index < -0.39 is 5.97 Å². The summed E-state index contributed by atoms with van der Waals surface area (Å²) in [6.45, 7) is 3.43. The fourth-order valence-corrected chi connectivity index (χ4v) is 0.937. The molecule has 3 nitrogen and oxygen atoms in total. The van der Waals surface area contributed by atoms with Crippen LogP contribution in [0.1, 0.15) is 5.56 Å². The number of nitriles is 1. The Labute approximate surface area is 87.9 Å².